The van der Waals surface area contributed by atoms with Gasteiger partial charge in [-0.05, 0) is 43.7 Å². The summed E-state index contributed by atoms with van der Waals surface area (Å²) in [6.45, 7) is 4.14. The highest BCUT2D eigenvalue weighted by Gasteiger charge is 2.23. The van der Waals surface area contributed by atoms with Crippen molar-refractivity contribution < 1.29 is 19.1 Å². The number of carbonyl (C=O) groups is 2. The first-order chi connectivity index (χ1) is 19.7. The maximum atomic E-state index is 13.2. The van der Waals surface area contributed by atoms with Crippen molar-refractivity contribution in [2.24, 2.45) is 0 Å². The first-order valence-electron chi connectivity index (χ1n) is 13.7. The van der Waals surface area contributed by atoms with Crippen LogP contribution in [0.4, 0.5) is 5.69 Å². The van der Waals surface area contributed by atoms with Gasteiger partial charge in [-0.25, -0.2) is 14.2 Å². The fourth-order valence-corrected chi connectivity index (χ4v) is 5.12. The van der Waals surface area contributed by atoms with Crippen LogP contribution in [0.1, 0.15) is 46.0 Å². The zero-order valence-electron chi connectivity index (χ0n) is 24.3. The molecule has 0 N–H and O–H groups in total. The molecule has 0 unspecified atom stereocenters. The highest BCUT2D eigenvalue weighted by Crippen LogP contribution is 2.31. The third-order valence-corrected chi connectivity index (χ3v) is 7.11. The number of hydrogen-bond acceptors (Lipinski definition) is 5. The summed E-state index contributed by atoms with van der Waals surface area (Å²) in [7, 11) is 7.94. The lowest BCUT2D eigenvalue weighted by Gasteiger charge is -2.14. The Hall–Kier alpha value is -4.85. The van der Waals surface area contributed by atoms with E-state index in [4.69, 9.17) is 9.47 Å². The summed E-state index contributed by atoms with van der Waals surface area (Å²) in [6, 6.07) is 21.9. The maximum absolute atomic E-state index is 13.2. The van der Waals surface area contributed by atoms with Crippen LogP contribution in [0, 0.1) is 0 Å². The van der Waals surface area contributed by atoms with E-state index in [0.29, 0.717) is 11.4 Å². The van der Waals surface area contributed by atoms with E-state index < -0.39 is 11.9 Å². The van der Waals surface area contributed by atoms with Gasteiger partial charge in [0.15, 0.2) is 0 Å². The molecule has 0 fully saturated rings. The number of aromatic nitrogens is 2. The molecule has 0 saturated heterocycles. The molecule has 5 aromatic rings. The van der Waals surface area contributed by atoms with Crippen LogP contribution in [0.25, 0.3) is 16.6 Å². The number of rotatable bonds is 7. The molecule has 4 heterocycles. The van der Waals surface area contributed by atoms with Gasteiger partial charge in [-0.2, -0.15) is 0 Å². The Morgan fingerprint density at radius 2 is 1.39 bits per heavy atom. The van der Waals surface area contributed by atoms with Crippen molar-refractivity contribution in [3.05, 3.63) is 112 Å². The molecule has 41 heavy (non-hydrogen) atoms. The van der Waals surface area contributed by atoms with Gasteiger partial charge in [-0.15, -0.1) is 0 Å². The minimum atomic E-state index is -0.400. The second-order valence-corrected chi connectivity index (χ2v) is 10.1. The topological polar surface area (TPSA) is 67.7 Å². The van der Waals surface area contributed by atoms with Gasteiger partial charge in [0, 0.05) is 60.7 Å². The van der Waals surface area contributed by atoms with Crippen molar-refractivity contribution >= 4 is 34.2 Å². The van der Waals surface area contributed by atoms with Crippen molar-refractivity contribution in [2.45, 2.75) is 13.8 Å². The summed E-state index contributed by atoms with van der Waals surface area (Å²) in [5, 5.41) is 1.84. The fraction of sp³-hybridized carbons (Fsp3) is 0.242. The van der Waals surface area contributed by atoms with E-state index in [-0.39, 0.29) is 13.2 Å². The maximum Gasteiger partial charge on any atom is 0.355 e. The molecule has 8 heteroatoms. The standard InChI is InChI=1S/C33H35N4O4/c1-7-40-32(38)29-20-25(27-18-23(34(3)4)14-16-36(27)29)31(22-12-10-9-11-13-22)26-21-30(33(39)41-8-2)37-17-15-24(35(5)6)19-28(26)37/h9-21H,7-8H2,1-6H3/q+1. The Balaban J connectivity index is 2.01. The number of pyridine rings is 2. The lowest BCUT2D eigenvalue weighted by atomic mass is 9.96. The molecule has 0 aliphatic heterocycles. The van der Waals surface area contributed by atoms with Crippen LogP contribution in [0.2, 0.25) is 0 Å². The number of anilines is 1. The van der Waals surface area contributed by atoms with E-state index in [0.717, 1.165) is 44.0 Å². The van der Waals surface area contributed by atoms with Gasteiger partial charge in [-0.3, -0.25) is 0 Å². The second-order valence-electron chi connectivity index (χ2n) is 10.1. The molecule has 0 atom stereocenters. The van der Waals surface area contributed by atoms with Crippen molar-refractivity contribution in [2.75, 3.05) is 46.3 Å². The summed E-state index contributed by atoms with van der Waals surface area (Å²) in [5.41, 5.74) is 6.22. The van der Waals surface area contributed by atoms with Crippen LogP contribution >= 0.6 is 0 Å². The monoisotopic (exact) mass is 551 g/mol. The molecule has 0 bridgehead atoms. The number of esters is 2. The van der Waals surface area contributed by atoms with Crippen molar-refractivity contribution in [3.63, 3.8) is 0 Å². The van der Waals surface area contributed by atoms with Gasteiger partial charge in [0.2, 0.25) is 5.36 Å². The minimum Gasteiger partial charge on any atom is -0.461 e. The average Bonchev–Trinajstić information content (AvgIpc) is 3.53. The quantitative estimate of drug-likeness (QED) is 0.228. The summed E-state index contributed by atoms with van der Waals surface area (Å²) >= 11 is 0. The molecule has 0 saturated carbocycles. The van der Waals surface area contributed by atoms with Gasteiger partial charge < -0.3 is 23.2 Å². The van der Waals surface area contributed by atoms with Gasteiger partial charge in [0.25, 0.3) is 0 Å². The molecule has 1 aromatic carbocycles. The Bertz CT molecular complexity index is 1890. The third kappa shape index (κ3) is 5.09. The predicted molar refractivity (Wildman–Crippen MR) is 161 cm³/mol. The number of fused-ring (bicyclic) bond motifs is 2. The molecule has 0 amide bonds. The first kappa shape index (κ1) is 27.7. The van der Waals surface area contributed by atoms with Crippen LogP contribution in [0.15, 0.2) is 79.1 Å². The fourth-order valence-electron chi connectivity index (χ4n) is 5.12. The second kappa shape index (κ2) is 11.3. The van der Waals surface area contributed by atoms with Crippen LogP contribution in [0.5, 0.6) is 0 Å². The van der Waals surface area contributed by atoms with Gasteiger partial charge in [0.1, 0.15) is 25.5 Å². The van der Waals surface area contributed by atoms with E-state index in [1.807, 2.05) is 113 Å². The van der Waals surface area contributed by atoms with Crippen molar-refractivity contribution in [3.8, 4) is 0 Å². The van der Waals surface area contributed by atoms with E-state index in [2.05, 4.69) is 12.1 Å². The van der Waals surface area contributed by atoms with Crippen molar-refractivity contribution in [1.29, 1.82) is 0 Å². The predicted octanol–water partition coefficient (Wildman–Crippen LogP) is 3.61. The molecule has 0 aliphatic rings. The molecular formula is C33H35N4O4+. The smallest absolute Gasteiger partial charge is 0.355 e. The normalized spacial score (nSPS) is 12.0. The molecule has 8 nitrogen and oxygen atoms in total. The highest BCUT2D eigenvalue weighted by atomic mass is 16.5. The summed E-state index contributed by atoms with van der Waals surface area (Å²) in [5.74, 6) is -0.801. The minimum absolute atomic E-state index is 0.271. The number of ether oxygens (including phenoxy) is 2. The van der Waals surface area contributed by atoms with Gasteiger partial charge in [-0.1, -0.05) is 30.3 Å². The number of nitrogens with zero attached hydrogens (tertiary/aromatic N) is 4. The molecular weight excluding hydrogens is 516 g/mol. The molecule has 0 spiro atoms. The van der Waals surface area contributed by atoms with Crippen LogP contribution in [-0.4, -0.2) is 62.1 Å². The average molecular weight is 552 g/mol. The number of hydrogen-bond donors (Lipinski definition) is 0. The van der Waals surface area contributed by atoms with Gasteiger partial charge >= 0.3 is 11.9 Å². The summed E-state index contributed by atoms with van der Waals surface area (Å²) in [4.78, 5) is 28.3. The Morgan fingerprint density at radius 3 is 2.00 bits per heavy atom. The van der Waals surface area contributed by atoms with E-state index in [1.165, 1.54) is 0 Å². The van der Waals surface area contributed by atoms with Crippen LogP contribution in [-0.2, 0) is 9.47 Å². The molecule has 0 radical (unpaired) electrons. The number of benzene rings is 1. The largest absolute Gasteiger partial charge is 0.461 e. The highest BCUT2D eigenvalue weighted by molar-refractivity contribution is 5.98. The summed E-state index contributed by atoms with van der Waals surface area (Å²) in [6.07, 6.45) is 3.80. The van der Waals surface area contributed by atoms with Crippen LogP contribution in [0.3, 0.4) is 0 Å². The molecule has 4 aromatic heterocycles. The Kier molecular flexibility index (Phi) is 7.66. The molecule has 210 valence electrons. The third-order valence-electron chi connectivity index (χ3n) is 7.11. The van der Waals surface area contributed by atoms with E-state index in [1.54, 1.807) is 13.8 Å². The molecule has 0 aliphatic carbocycles. The Labute approximate surface area is 239 Å². The first-order valence-corrected chi connectivity index (χ1v) is 13.7. The van der Waals surface area contributed by atoms with E-state index in [9.17, 15) is 9.59 Å². The molecule has 5 rings (SSSR count). The Morgan fingerprint density at radius 1 is 0.780 bits per heavy atom. The zero-order chi connectivity index (χ0) is 29.3. The van der Waals surface area contributed by atoms with Gasteiger partial charge in [0.05, 0.1) is 24.2 Å². The SMILES string of the molecule is CCOC(=O)c1cc(/C(c2ccccc2)=c2/cc(C(=O)OCC)n3ccc(=[N+](C)C)cc23)c2cc(N(C)C)ccn12. The lowest BCUT2D eigenvalue weighted by Crippen LogP contribution is -2.22. The number of carbonyl (C=O) groups excluding carboxylic acids is 2. The zero-order valence-corrected chi connectivity index (χ0v) is 24.3. The van der Waals surface area contributed by atoms with Crippen molar-refractivity contribution in [1.82, 2.24) is 13.4 Å². The lowest BCUT2D eigenvalue weighted by molar-refractivity contribution is 0.0509. The summed E-state index contributed by atoms with van der Waals surface area (Å²) < 4.78 is 16.7. The van der Waals surface area contributed by atoms with E-state index >= 15 is 0 Å². The van der Waals surface area contributed by atoms with Crippen LogP contribution < -0.4 is 20.1 Å².